The maximum absolute atomic E-state index is 12.2. The number of hydrogen-bond acceptors (Lipinski definition) is 3. The van der Waals surface area contributed by atoms with E-state index in [9.17, 15) is 9.90 Å². The average Bonchev–Trinajstić information content (AvgIpc) is 2.56. The number of amides is 1. The van der Waals surface area contributed by atoms with E-state index in [1.807, 2.05) is 62.4 Å². The highest BCUT2D eigenvalue weighted by molar-refractivity contribution is 5.93. The summed E-state index contributed by atoms with van der Waals surface area (Å²) in [6.45, 7) is 4.24. The highest BCUT2D eigenvalue weighted by atomic mass is 16.3. The zero-order valence-corrected chi connectivity index (χ0v) is 13.7. The monoisotopic (exact) mass is 312 g/mol. The molecule has 3 N–H and O–H groups in total. The van der Waals surface area contributed by atoms with E-state index in [4.69, 9.17) is 0 Å². The van der Waals surface area contributed by atoms with E-state index in [1.165, 1.54) is 0 Å². The number of anilines is 1. The topological polar surface area (TPSA) is 61.4 Å². The van der Waals surface area contributed by atoms with E-state index in [1.54, 1.807) is 0 Å². The van der Waals surface area contributed by atoms with Crippen LogP contribution in [0.4, 0.5) is 5.69 Å². The number of rotatable bonds is 7. The zero-order chi connectivity index (χ0) is 16.7. The Morgan fingerprint density at radius 3 is 2.30 bits per heavy atom. The average molecular weight is 312 g/mol. The van der Waals surface area contributed by atoms with Gasteiger partial charge in [0.15, 0.2) is 0 Å². The highest BCUT2D eigenvalue weighted by Crippen LogP contribution is 2.19. The van der Waals surface area contributed by atoms with Crippen LogP contribution in [0.3, 0.4) is 0 Å². The first-order valence-electron chi connectivity index (χ1n) is 7.87. The van der Waals surface area contributed by atoms with Crippen molar-refractivity contribution in [2.45, 2.75) is 26.3 Å². The summed E-state index contributed by atoms with van der Waals surface area (Å²) >= 11 is 0. The first kappa shape index (κ1) is 17.2. The van der Waals surface area contributed by atoms with Crippen LogP contribution in [-0.2, 0) is 4.79 Å². The van der Waals surface area contributed by atoms with Crippen LogP contribution in [0.1, 0.15) is 29.2 Å². The van der Waals surface area contributed by atoms with Gasteiger partial charge in [-0.3, -0.25) is 4.79 Å². The van der Waals surface area contributed by atoms with Gasteiger partial charge in [0, 0.05) is 18.3 Å². The van der Waals surface area contributed by atoms with Gasteiger partial charge in [-0.1, -0.05) is 48.5 Å². The molecule has 1 amide bonds. The third kappa shape index (κ3) is 4.91. The van der Waals surface area contributed by atoms with Crippen LogP contribution < -0.4 is 10.6 Å². The predicted octanol–water partition coefficient (Wildman–Crippen LogP) is 2.96. The number of nitrogens with one attached hydrogen (secondary N) is 2. The molecular weight excluding hydrogens is 288 g/mol. The van der Waals surface area contributed by atoms with Crippen LogP contribution >= 0.6 is 0 Å². The van der Waals surface area contributed by atoms with Gasteiger partial charge in [0.05, 0.1) is 6.54 Å². The zero-order valence-electron chi connectivity index (χ0n) is 13.7. The molecule has 1 unspecified atom stereocenters. The highest BCUT2D eigenvalue weighted by Gasteiger charge is 2.13. The fourth-order valence-electron chi connectivity index (χ4n) is 2.61. The van der Waals surface area contributed by atoms with E-state index in [2.05, 4.69) is 10.6 Å². The summed E-state index contributed by atoms with van der Waals surface area (Å²) < 4.78 is 0. The van der Waals surface area contributed by atoms with Gasteiger partial charge in [0.25, 0.3) is 0 Å². The molecule has 0 spiro atoms. The van der Waals surface area contributed by atoms with Crippen molar-refractivity contribution in [2.75, 3.05) is 18.5 Å². The Hall–Kier alpha value is -2.17. The SMILES string of the molecule is Cc1cccc(C)c1NC(=O)CNC(CCO)c1ccccc1. The molecule has 1 atom stereocenters. The minimum atomic E-state index is -0.0822. The van der Waals surface area contributed by atoms with E-state index < -0.39 is 0 Å². The van der Waals surface area contributed by atoms with Crippen molar-refractivity contribution in [1.82, 2.24) is 5.32 Å². The Labute approximate surface area is 137 Å². The fraction of sp³-hybridized carbons (Fsp3) is 0.316. The number of carbonyl (C=O) groups excluding carboxylic acids is 1. The van der Waals surface area contributed by atoms with Crippen LogP contribution in [0.15, 0.2) is 48.5 Å². The molecule has 4 heteroatoms. The van der Waals surface area contributed by atoms with Gasteiger partial charge in [-0.15, -0.1) is 0 Å². The van der Waals surface area contributed by atoms with Crippen LogP contribution in [0.25, 0.3) is 0 Å². The Bertz CT molecular complexity index is 621. The quantitative estimate of drug-likeness (QED) is 0.736. The van der Waals surface area contributed by atoms with Crippen molar-refractivity contribution >= 4 is 11.6 Å². The summed E-state index contributed by atoms with van der Waals surface area (Å²) in [5.74, 6) is -0.0822. The van der Waals surface area contributed by atoms with E-state index in [0.717, 1.165) is 22.4 Å². The third-order valence-electron chi connectivity index (χ3n) is 3.87. The maximum atomic E-state index is 12.2. The van der Waals surface area contributed by atoms with Crippen LogP contribution in [0, 0.1) is 13.8 Å². The maximum Gasteiger partial charge on any atom is 0.238 e. The largest absolute Gasteiger partial charge is 0.396 e. The normalized spacial score (nSPS) is 12.0. The smallest absolute Gasteiger partial charge is 0.238 e. The minimum absolute atomic E-state index is 0.0371. The summed E-state index contributed by atoms with van der Waals surface area (Å²) in [4.78, 5) is 12.2. The summed E-state index contributed by atoms with van der Waals surface area (Å²) in [6.07, 6.45) is 0.570. The second-order valence-corrected chi connectivity index (χ2v) is 5.67. The molecular formula is C19H24N2O2. The van der Waals surface area contributed by atoms with Gasteiger partial charge in [0.2, 0.25) is 5.91 Å². The van der Waals surface area contributed by atoms with Crippen LogP contribution in [0.2, 0.25) is 0 Å². The molecule has 23 heavy (non-hydrogen) atoms. The molecule has 0 heterocycles. The van der Waals surface area contributed by atoms with Gasteiger partial charge >= 0.3 is 0 Å². The summed E-state index contributed by atoms with van der Waals surface area (Å²) in [5, 5.41) is 15.4. The molecule has 0 aliphatic carbocycles. The van der Waals surface area contributed by atoms with Gasteiger partial charge in [0.1, 0.15) is 0 Å². The molecule has 2 rings (SSSR count). The second kappa shape index (κ2) is 8.46. The van der Waals surface area contributed by atoms with Crippen molar-refractivity contribution in [3.8, 4) is 0 Å². The molecule has 0 bridgehead atoms. The van der Waals surface area contributed by atoms with Crippen molar-refractivity contribution in [1.29, 1.82) is 0 Å². The number of benzene rings is 2. The molecule has 0 fully saturated rings. The molecule has 4 nitrogen and oxygen atoms in total. The van der Waals surface area contributed by atoms with Crippen LogP contribution in [-0.4, -0.2) is 24.2 Å². The Kier molecular flexibility index (Phi) is 6.32. The van der Waals surface area contributed by atoms with Crippen LogP contribution in [0.5, 0.6) is 0 Å². The lowest BCUT2D eigenvalue weighted by Crippen LogP contribution is -2.32. The molecule has 0 aromatic heterocycles. The van der Waals surface area contributed by atoms with E-state index in [0.29, 0.717) is 6.42 Å². The Balaban J connectivity index is 1.97. The third-order valence-corrected chi connectivity index (χ3v) is 3.87. The molecule has 0 radical (unpaired) electrons. The summed E-state index contributed by atoms with van der Waals surface area (Å²) in [6, 6.07) is 15.8. The lowest BCUT2D eigenvalue weighted by atomic mass is 10.0. The number of carbonyl (C=O) groups is 1. The molecule has 0 aliphatic rings. The van der Waals surface area contributed by atoms with Gasteiger partial charge in [-0.25, -0.2) is 0 Å². The first-order valence-corrected chi connectivity index (χ1v) is 7.87. The molecule has 0 saturated heterocycles. The molecule has 2 aromatic carbocycles. The standard InChI is InChI=1S/C19H24N2O2/c1-14-7-6-8-15(2)19(14)21-18(23)13-20-17(11-12-22)16-9-4-3-5-10-16/h3-10,17,20,22H,11-13H2,1-2H3,(H,21,23). The lowest BCUT2D eigenvalue weighted by molar-refractivity contribution is -0.115. The predicted molar refractivity (Wildman–Crippen MR) is 93.4 cm³/mol. The lowest BCUT2D eigenvalue weighted by Gasteiger charge is -2.18. The first-order chi connectivity index (χ1) is 11.1. The number of aliphatic hydroxyl groups is 1. The van der Waals surface area contributed by atoms with E-state index in [-0.39, 0.29) is 25.1 Å². The van der Waals surface area contributed by atoms with Gasteiger partial charge < -0.3 is 15.7 Å². The van der Waals surface area contributed by atoms with Crippen molar-refractivity contribution in [2.24, 2.45) is 0 Å². The Morgan fingerprint density at radius 2 is 1.70 bits per heavy atom. The summed E-state index contributed by atoms with van der Waals surface area (Å²) in [7, 11) is 0. The number of aryl methyl sites for hydroxylation is 2. The van der Waals surface area contributed by atoms with Crippen molar-refractivity contribution in [3.63, 3.8) is 0 Å². The van der Waals surface area contributed by atoms with Gasteiger partial charge in [-0.2, -0.15) is 0 Å². The number of hydrogen-bond donors (Lipinski definition) is 3. The summed E-state index contributed by atoms with van der Waals surface area (Å²) in [5.41, 5.74) is 4.04. The number of aliphatic hydroxyl groups excluding tert-OH is 1. The van der Waals surface area contributed by atoms with Crippen molar-refractivity contribution < 1.29 is 9.90 Å². The molecule has 0 saturated carbocycles. The van der Waals surface area contributed by atoms with Gasteiger partial charge in [-0.05, 0) is 37.0 Å². The Morgan fingerprint density at radius 1 is 1.04 bits per heavy atom. The fourth-order valence-corrected chi connectivity index (χ4v) is 2.61. The number of para-hydroxylation sites is 1. The second-order valence-electron chi connectivity index (χ2n) is 5.67. The van der Waals surface area contributed by atoms with Crippen molar-refractivity contribution in [3.05, 3.63) is 65.2 Å². The minimum Gasteiger partial charge on any atom is -0.396 e. The molecule has 0 aliphatic heterocycles. The molecule has 122 valence electrons. The van der Waals surface area contributed by atoms with E-state index >= 15 is 0 Å². The molecule has 2 aromatic rings.